The summed E-state index contributed by atoms with van der Waals surface area (Å²) in [6, 6.07) is 4.48. The minimum absolute atomic E-state index is 0. The van der Waals surface area contributed by atoms with E-state index in [0.29, 0.717) is 5.56 Å². The Labute approximate surface area is 122 Å². The van der Waals surface area contributed by atoms with Crippen LogP contribution in [0, 0.1) is 5.92 Å². The third-order valence-corrected chi connectivity index (χ3v) is 2.74. The molecule has 1 rings (SSSR count). The first-order valence-electron chi connectivity index (χ1n) is 5.92. The van der Waals surface area contributed by atoms with Crippen molar-refractivity contribution in [3.8, 4) is 0 Å². The third-order valence-electron chi connectivity index (χ3n) is 2.74. The van der Waals surface area contributed by atoms with Gasteiger partial charge in [0.25, 0.3) is 0 Å². The van der Waals surface area contributed by atoms with Gasteiger partial charge in [-0.15, -0.1) is 12.4 Å². The van der Waals surface area contributed by atoms with Crippen molar-refractivity contribution in [2.24, 2.45) is 11.7 Å². The van der Waals surface area contributed by atoms with E-state index < -0.39 is 23.7 Å². The number of alkyl halides is 3. The lowest BCUT2D eigenvalue weighted by atomic mass is 9.94. The Balaban J connectivity index is 0.00000361. The van der Waals surface area contributed by atoms with Crippen LogP contribution in [-0.4, -0.2) is 12.5 Å². The van der Waals surface area contributed by atoms with Gasteiger partial charge in [-0.05, 0) is 23.6 Å². The average Bonchev–Trinajstić information content (AvgIpc) is 2.34. The van der Waals surface area contributed by atoms with Crippen LogP contribution in [-0.2, 0) is 11.0 Å². The number of hydrogen-bond donors (Lipinski definition) is 2. The van der Waals surface area contributed by atoms with Crippen molar-refractivity contribution in [3.05, 3.63) is 35.4 Å². The lowest BCUT2D eigenvalue weighted by Gasteiger charge is -2.23. The fourth-order valence-corrected chi connectivity index (χ4v) is 1.78. The number of nitrogens with one attached hydrogen (secondary N) is 1. The maximum Gasteiger partial charge on any atom is 0.416 e. The Bertz CT molecular complexity index is 449. The van der Waals surface area contributed by atoms with Crippen LogP contribution in [0.2, 0.25) is 0 Å². The molecule has 0 aliphatic rings. The second-order valence-electron chi connectivity index (χ2n) is 4.62. The van der Waals surface area contributed by atoms with Gasteiger partial charge in [0, 0.05) is 0 Å². The zero-order valence-electron chi connectivity index (χ0n) is 11.2. The molecule has 0 saturated heterocycles. The minimum Gasteiger partial charge on any atom is -0.348 e. The molecule has 1 amide bonds. The van der Waals surface area contributed by atoms with Gasteiger partial charge in [-0.3, -0.25) is 4.79 Å². The molecule has 20 heavy (non-hydrogen) atoms. The molecule has 0 radical (unpaired) electrons. The van der Waals surface area contributed by atoms with Crippen molar-refractivity contribution in [3.63, 3.8) is 0 Å². The maximum atomic E-state index is 12.7. The van der Waals surface area contributed by atoms with Crippen molar-refractivity contribution in [1.82, 2.24) is 5.32 Å². The van der Waals surface area contributed by atoms with E-state index in [9.17, 15) is 18.0 Å². The van der Waals surface area contributed by atoms with Gasteiger partial charge in [-0.25, -0.2) is 0 Å². The van der Waals surface area contributed by atoms with E-state index in [2.05, 4.69) is 5.32 Å². The smallest absolute Gasteiger partial charge is 0.348 e. The molecule has 0 aliphatic carbocycles. The molecule has 0 bridgehead atoms. The molecular formula is C13H18ClF3N2O. The predicted octanol–water partition coefficient (Wildman–Crippen LogP) is 2.90. The molecule has 1 atom stereocenters. The molecule has 0 aromatic heterocycles. The molecule has 3 N–H and O–H groups in total. The van der Waals surface area contributed by atoms with Crippen LogP contribution in [0.25, 0.3) is 0 Å². The number of halogens is 4. The molecule has 0 heterocycles. The lowest BCUT2D eigenvalue weighted by Crippen LogP contribution is -2.36. The van der Waals surface area contributed by atoms with E-state index in [4.69, 9.17) is 5.73 Å². The summed E-state index contributed by atoms with van der Waals surface area (Å²) in [5.74, 6) is -0.435. The fraction of sp³-hybridized carbons (Fsp3) is 0.462. The van der Waals surface area contributed by atoms with Crippen LogP contribution in [0.15, 0.2) is 24.3 Å². The molecule has 3 nitrogen and oxygen atoms in total. The molecule has 0 spiro atoms. The first-order chi connectivity index (χ1) is 8.75. The van der Waals surface area contributed by atoms with E-state index >= 15 is 0 Å². The molecule has 1 unspecified atom stereocenters. The highest BCUT2D eigenvalue weighted by atomic mass is 35.5. The van der Waals surface area contributed by atoms with E-state index in [0.717, 1.165) is 12.1 Å². The molecule has 1 aromatic rings. The van der Waals surface area contributed by atoms with Crippen LogP contribution < -0.4 is 11.1 Å². The van der Waals surface area contributed by atoms with Crippen molar-refractivity contribution in [1.29, 1.82) is 0 Å². The zero-order valence-corrected chi connectivity index (χ0v) is 12.0. The van der Waals surface area contributed by atoms with Gasteiger partial charge in [0.15, 0.2) is 0 Å². The third kappa shape index (κ3) is 5.02. The van der Waals surface area contributed by atoms with Gasteiger partial charge in [0.2, 0.25) is 5.91 Å². The second-order valence-corrected chi connectivity index (χ2v) is 4.62. The van der Waals surface area contributed by atoms with Gasteiger partial charge in [-0.2, -0.15) is 13.2 Å². The minimum atomic E-state index is -4.39. The van der Waals surface area contributed by atoms with Crippen molar-refractivity contribution in [2.75, 3.05) is 6.54 Å². The molecule has 7 heteroatoms. The van der Waals surface area contributed by atoms with Crippen LogP contribution in [0.4, 0.5) is 13.2 Å². The summed E-state index contributed by atoms with van der Waals surface area (Å²) in [7, 11) is 0. The van der Waals surface area contributed by atoms with Crippen molar-refractivity contribution >= 4 is 18.3 Å². The zero-order chi connectivity index (χ0) is 14.6. The SMILES string of the molecule is CC(C)C(NC(=O)CN)c1cccc(C(F)(F)F)c1.Cl. The van der Waals surface area contributed by atoms with E-state index in [1.165, 1.54) is 6.07 Å². The summed E-state index contributed by atoms with van der Waals surface area (Å²) < 4.78 is 38.0. The van der Waals surface area contributed by atoms with Gasteiger partial charge >= 0.3 is 6.18 Å². The largest absolute Gasteiger partial charge is 0.416 e. The van der Waals surface area contributed by atoms with Crippen LogP contribution in [0.5, 0.6) is 0 Å². The van der Waals surface area contributed by atoms with E-state index in [1.54, 1.807) is 6.07 Å². The predicted molar refractivity (Wildman–Crippen MR) is 73.5 cm³/mol. The van der Waals surface area contributed by atoms with Crippen molar-refractivity contribution in [2.45, 2.75) is 26.1 Å². The highest BCUT2D eigenvalue weighted by molar-refractivity contribution is 5.85. The van der Waals surface area contributed by atoms with Crippen LogP contribution in [0.1, 0.15) is 31.0 Å². The first-order valence-corrected chi connectivity index (χ1v) is 5.92. The summed E-state index contributed by atoms with van der Waals surface area (Å²) in [5.41, 5.74) is 4.90. The molecule has 114 valence electrons. The number of carbonyl (C=O) groups is 1. The molecule has 0 aliphatic heterocycles. The van der Waals surface area contributed by atoms with E-state index in [-0.39, 0.29) is 24.9 Å². The summed E-state index contributed by atoms with van der Waals surface area (Å²) in [6.07, 6.45) is -4.39. The number of hydrogen-bond acceptors (Lipinski definition) is 2. The number of carbonyl (C=O) groups excluding carboxylic acids is 1. The van der Waals surface area contributed by atoms with Gasteiger partial charge in [0.05, 0.1) is 18.2 Å². The number of nitrogens with two attached hydrogens (primary N) is 1. The van der Waals surface area contributed by atoms with Gasteiger partial charge in [0.1, 0.15) is 0 Å². The van der Waals surface area contributed by atoms with Crippen LogP contribution in [0.3, 0.4) is 0 Å². The summed E-state index contributed by atoms with van der Waals surface area (Å²) >= 11 is 0. The summed E-state index contributed by atoms with van der Waals surface area (Å²) in [6.45, 7) is 3.45. The average molecular weight is 311 g/mol. The molecule has 1 aromatic carbocycles. The number of benzene rings is 1. The number of rotatable bonds is 4. The Hall–Kier alpha value is -1.27. The highest BCUT2D eigenvalue weighted by Crippen LogP contribution is 2.32. The van der Waals surface area contributed by atoms with Gasteiger partial charge in [-0.1, -0.05) is 26.0 Å². The van der Waals surface area contributed by atoms with Crippen LogP contribution >= 0.6 is 12.4 Å². The Morgan fingerprint density at radius 1 is 1.35 bits per heavy atom. The standard InChI is InChI=1S/C13H17F3N2O.ClH/c1-8(2)12(18-11(19)7-17)9-4-3-5-10(6-9)13(14,15)16;/h3-6,8,12H,7,17H2,1-2H3,(H,18,19);1H. The normalized spacial score (nSPS) is 12.8. The summed E-state index contributed by atoms with van der Waals surface area (Å²) in [5, 5.41) is 2.63. The molecular weight excluding hydrogens is 293 g/mol. The Morgan fingerprint density at radius 3 is 2.40 bits per heavy atom. The Kier molecular flexibility index (Phi) is 7.02. The first kappa shape index (κ1) is 18.7. The highest BCUT2D eigenvalue weighted by Gasteiger charge is 2.31. The van der Waals surface area contributed by atoms with Gasteiger partial charge < -0.3 is 11.1 Å². The quantitative estimate of drug-likeness (QED) is 0.898. The monoisotopic (exact) mass is 310 g/mol. The fourth-order valence-electron chi connectivity index (χ4n) is 1.78. The lowest BCUT2D eigenvalue weighted by molar-refractivity contribution is -0.137. The van der Waals surface area contributed by atoms with Crippen molar-refractivity contribution < 1.29 is 18.0 Å². The topological polar surface area (TPSA) is 55.1 Å². The molecule has 0 saturated carbocycles. The van der Waals surface area contributed by atoms with E-state index in [1.807, 2.05) is 13.8 Å². The molecule has 0 fully saturated rings. The Morgan fingerprint density at radius 2 is 1.95 bits per heavy atom. The summed E-state index contributed by atoms with van der Waals surface area (Å²) in [4.78, 5) is 11.3. The maximum absolute atomic E-state index is 12.7. The second kappa shape index (κ2) is 7.50. The number of amides is 1.